The summed E-state index contributed by atoms with van der Waals surface area (Å²) in [4.78, 5) is 11.7. The fourth-order valence-corrected chi connectivity index (χ4v) is 5.34. The molecule has 2 N–H and O–H groups in total. The van der Waals surface area contributed by atoms with Crippen molar-refractivity contribution in [3.05, 3.63) is 0 Å². The van der Waals surface area contributed by atoms with Gasteiger partial charge in [0.15, 0.2) is 0 Å². The molecule has 1 unspecified atom stereocenters. The molecule has 1 atom stereocenters. The fourth-order valence-electron chi connectivity index (χ4n) is 5.34. The van der Waals surface area contributed by atoms with Crippen molar-refractivity contribution in [1.29, 1.82) is 0 Å². The lowest BCUT2D eigenvalue weighted by molar-refractivity contribution is -0.147. The number of carbonyl (C=O) groups is 1. The highest BCUT2D eigenvalue weighted by Gasteiger charge is 2.51. The summed E-state index contributed by atoms with van der Waals surface area (Å²) in [6.07, 6.45) is 9.11. The number of rotatable bonds is 4. The molecule has 18 heavy (non-hydrogen) atoms. The lowest BCUT2D eigenvalue weighted by atomic mass is 9.48. The van der Waals surface area contributed by atoms with Gasteiger partial charge in [-0.3, -0.25) is 4.79 Å². The molecule has 3 nitrogen and oxygen atoms in total. The van der Waals surface area contributed by atoms with E-state index in [2.05, 4.69) is 0 Å². The highest BCUT2D eigenvalue weighted by molar-refractivity contribution is 5.75. The largest absolute Gasteiger partial charge is 0.465 e. The molecule has 0 aromatic heterocycles. The Kier molecular flexibility index (Phi) is 3.13. The minimum absolute atomic E-state index is 0.201. The van der Waals surface area contributed by atoms with E-state index in [1.165, 1.54) is 38.5 Å². The molecule has 0 spiro atoms. The van der Waals surface area contributed by atoms with Gasteiger partial charge in [0.2, 0.25) is 0 Å². The molecule has 0 aromatic rings. The molecular formula is C15H25NO2. The second kappa shape index (κ2) is 4.52. The zero-order valence-electron chi connectivity index (χ0n) is 11.4. The number of hydrogen-bond donors (Lipinski definition) is 1. The van der Waals surface area contributed by atoms with Crippen LogP contribution in [0, 0.1) is 23.2 Å². The molecular weight excluding hydrogens is 226 g/mol. The average Bonchev–Trinajstić information content (AvgIpc) is 2.26. The van der Waals surface area contributed by atoms with E-state index in [4.69, 9.17) is 10.5 Å². The van der Waals surface area contributed by atoms with Gasteiger partial charge in [0.1, 0.15) is 6.04 Å². The highest BCUT2D eigenvalue weighted by Crippen LogP contribution is 2.61. The summed E-state index contributed by atoms with van der Waals surface area (Å²) in [5, 5.41) is 0. The summed E-state index contributed by atoms with van der Waals surface area (Å²) in [6.45, 7) is 2.28. The summed E-state index contributed by atoms with van der Waals surface area (Å²) >= 11 is 0. The minimum atomic E-state index is -0.402. The molecule has 3 heteroatoms. The Bertz CT molecular complexity index is 304. The van der Waals surface area contributed by atoms with Gasteiger partial charge in [0, 0.05) is 0 Å². The first-order valence-electron chi connectivity index (χ1n) is 7.52. The Morgan fingerprint density at radius 2 is 1.72 bits per heavy atom. The predicted octanol–water partition coefficient (Wildman–Crippen LogP) is 2.48. The summed E-state index contributed by atoms with van der Waals surface area (Å²) in [6, 6.07) is -0.402. The lowest BCUT2D eigenvalue weighted by Gasteiger charge is -2.57. The maximum Gasteiger partial charge on any atom is 0.322 e. The maximum absolute atomic E-state index is 11.7. The molecule has 4 rings (SSSR count). The summed E-state index contributed by atoms with van der Waals surface area (Å²) in [5.74, 6) is 2.56. The van der Waals surface area contributed by atoms with Crippen LogP contribution in [0.2, 0.25) is 0 Å². The molecule has 0 heterocycles. The zero-order valence-corrected chi connectivity index (χ0v) is 11.4. The highest BCUT2D eigenvalue weighted by atomic mass is 16.5. The number of nitrogens with two attached hydrogens (primary N) is 1. The standard InChI is InChI=1S/C15H25NO2/c1-2-18-14(17)13(16)9-15-6-10-3-11(7-15)5-12(4-10)8-15/h10-13H,2-9,16H2,1H3. The van der Waals surface area contributed by atoms with Crippen LogP contribution in [0.15, 0.2) is 0 Å². The third kappa shape index (κ3) is 2.18. The van der Waals surface area contributed by atoms with E-state index in [1.54, 1.807) is 0 Å². The number of carbonyl (C=O) groups excluding carboxylic acids is 1. The van der Waals surface area contributed by atoms with E-state index in [1.807, 2.05) is 6.92 Å². The number of esters is 1. The van der Waals surface area contributed by atoms with Gasteiger partial charge in [-0.25, -0.2) is 0 Å². The van der Waals surface area contributed by atoms with Crippen LogP contribution in [0.4, 0.5) is 0 Å². The second-order valence-electron chi connectivity index (χ2n) is 6.98. The minimum Gasteiger partial charge on any atom is -0.465 e. The van der Waals surface area contributed by atoms with Crippen molar-refractivity contribution in [3.63, 3.8) is 0 Å². The molecule has 0 aliphatic heterocycles. The third-order valence-electron chi connectivity index (χ3n) is 5.41. The molecule has 4 aliphatic carbocycles. The molecule has 4 saturated carbocycles. The number of hydrogen-bond acceptors (Lipinski definition) is 3. The first-order chi connectivity index (χ1) is 8.60. The van der Waals surface area contributed by atoms with Crippen molar-refractivity contribution in [2.75, 3.05) is 6.61 Å². The van der Waals surface area contributed by atoms with E-state index >= 15 is 0 Å². The first-order valence-corrected chi connectivity index (χ1v) is 7.52. The normalized spacial score (nSPS) is 42.9. The smallest absolute Gasteiger partial charge is 0.322 e. The topological polar surface area (TPSA) is 52.3 Å². The quantitative estimate of drug-likeness (QED) is 0.781. The van der Waals surface area contributed by atoms with Crippen LogP contribution < -0.4 is 5.73 Å². The van der Waals surface area contributed by atoms with Gasteiger partial charge >= 0.3 is 5.97 Å². The SMILES string of the molecule is CCOC(=O)C(N)CC12CC3CC(CC(C3)C1)C2. The number of ether oxygens (including phenoxy) is 1. The molecule has 4 fully saturated rings. The van der Waals surface area contributed by atoms with Crippen LogP contribution in [0.3, 0.4) is 0 Å². The van der Waals surface area contributed by atoms with Gasteiger partial charge in [-0.2, -0.15) is 0 Å². The van der Waals surface area contributed by atoms with Gasteiger partial charge in [-0.15, -0.1) is 0 Å². The van der Waals surface area contributed by atoms with E-state index < -0.39 is 6.04 Å². The van der Waals surface area contributed by atoms with Crippen molar-refractivity contribution >= 4 is 5.97 Å². The summed E-state index contributed by atoms with van der Waals surface area (Å²) < 4.78 is 5.05. The third-order valence-corrected chi connectivity index (χ3v) is 5.41. The Hall–Kier alpha value is -0.570. The first kappa shape index (κ1) is 12.5. The molecule has 0 aromatic carbocycles. The van der Waals surface area contributed by atoms with E-state index in [0.717, 1.165) is 24.2 Å². The zero-order chi connectivity index (χ0) is 12.8. The predicted molar refractivity (Wildman–Crippen MR) is 69.8 cm³/mol. The van der Waals surface area contributed by atoms with Crippen LogP contribution in [0.25, 0.3) is 0 Å². The van der Waals surface area contributed by atoms with Crippen LogP contribution >= 0.6 is 0 Å². The van der Waals surface area contributed by atoms with Crippen molar-refractivity contribution < 1.29 is 9.53 Å². The van der Waals surface area contributed by atoms with Crippen LogP contribution in [-0.2, 0) is 9.53 Å². The fraction of sp³-hybridized carbons (Fsp3) is 0.933. The maximum atomic E-state index is 11.7. The van der Waals surface area contributed by atoms with E-state index in [0.29, 0.717) is 12.0 Å². The van der Waals surface area contributed by atoms with Gasteiger partial charge < -0.3 is 10.5 Å². The average molecular weight is 251 g/mol. The monoisotopic (exact) mass is 251 g/mol. The van der Waals surface area contributed by atoms with Crippen LogP contribution in [0.5, 0.6) is 0 Å². The second-order valence-corrected chi connectivity index (χ2v) is 6.98. The van der Waals surface area contributed by atoms with Gasteiger partial charge in [-0.05, 0) is 75.0 Å². The van der Waals surface area contributed by atoms with E-state index in [-0.39, 0.29) is 5.97 Å². The Labute approximate surface area is 109 Å². The lowest BCUT2D eigenvalue weighted by Crippen LogP contribution is -2.49. The summed E-state index contributed by atoms with van der Waals surface area (Å²) in [7, 11) is 0. The van der Waals surface area contributed by atoms with Gasteiger partial charge in [-0.1, -0.05) is 0 Å². The van der Waals surface area contributed by atoms with E-state index in [9.17, 15) is 4.79 Å². The van der Waals surface area contributed by atoms with Crippen molar-refractivity contribution in [1.82, 2.24) is 0 Å². The Morgan fingerprint density at radius 1 is 1.22 bits per heavy atom. The van der Waals surface area contributed by atoms with Gasteiger partial charge in [0.25, 0.3) is 0 Å². The van der Waals surface area contributed by atoms with Crippen LogP contribution in [0.1, 0.15) is 51.9 Å². The van der Waals surface area contributed by atoms with Crippen molar-refractivity contribution in [2.24, 2.45) is 28.9 Å². The Morgan fingerprint density at radius 3 is 2.17 bits per heavy atom. The van der Waals surface area contributed by atoms with Crippen molar-refractivity contribution in [2.45, 2.75) is 57.9 Å². The summed E-state index contributed by atoms with van der Waals surface area (Å²) in [5.41, 5.74) is 6.43. The van der Waals surface area contributed by atoms with Crippen LogP contribution in [-0.4, -0.2) is 18.6 Å². The molecule has 0 radical (unpaired) electrons. The van der Waals surface area contributed by atoms with Crippen molar-refractivity contribution in [3.8, 4) is 0 Å². The molecule has 102 valence electrons. The molecule has 4 aliphatic rings. The van der Waals surface area contributed by atoms with Gasteiger partial charge in [0.05, 0.1) is 6.61 Å². The molecule has 0 amide bonds. The Balaban J connectivity index is 1.66. The molecule has 0 saturated heterocycles. The molecule has 4 bridgehead atoms.